The molecular formula is C24H27N3O3. The largest absolute Gasteiger partial charge is 0.337 e. The number of para-hydroxylation sites is 1. The van der Waals surface area contributed by atoms with E-state index in [-0.39, 0.29) is 12.5 Å². The lowest BCUT2D eigenvalue weighted by Crippen LogP contribution is -2.36. The molecule has 0 fully saturated rings. The number of amides is 2. The van der Waals surface area contributed by atoms with Crippen molar-refractivity contribution in [2.45, 2.75) is 34.2 Å². The summed E-state index contributed by atoms with van der Waals surface area (Å²) in [6, 6.07) is 13.2. The first kappa shape index (κ1) is 21.3. The number of carbonyl (C=O) groups excluding carboxylic acids is 3. The normalized spacial score (nSPS) is 10.8. The second-order valence-corrected chi connectivity index (χ2v) is 7.36. The number of nitrogens with one attached hydrogen (secondary N) is 1. The highest BCUT2D eigenvalue weighted by molar-refractivity contribution is 6.44. The predicted octanol–water partition coefficient (Wildman–Crippen LogP) is 3.95. The number of likely N-dealkylation sites (N-methyl/N-ethyl adjacent to an activating group) is 1. The molecule has 0 bridgehead atoms. The van der Waals surface area contributed by atoms with Gasteiger partial charge in [0.1, 0.15) is 6.54 Å². The fraction of sp³-hybridized carbons (Fsp3) is 0.292. The van der Waals surface area contributed by atoms with Crippen LogP contribution in [0.4, 0.5) is 5.69 Å². The number of hydrogen-bond acceptors (Lipinski definition) is 3. The van der Waals surface area contributed by atoms with Gasteiger partial charge in [0, 0.05) is 35.9 Å². The summed E-state index contributed by atoms with van der Waals surface area (Å²) >= 11 is 0. The Labute approximate surface area is 176 Å². The van der Waals surface area contributed by atoms with Crippen molar-refractivity contribution in [2.24, 2.45) is 0 Å². The van der Waals surface area contributed by atoms with Crippen molar-refractivity contribution in [1.29, 1.82) is 0 Å². The number of benzene rings is 2. The maximum absolute atomic E-state index is 12.9. The van der Waals surface area contributed by atoms with Crippen LogP contribution in [0.15, 0.2) is 48.7 Å². The Morgan fingerprint density at radius 2 is 1.70 bits per heavy atom. The molecule has 2 aromatic carbocycles. The molecule has 0 aliphatic heterocycles. The standard InChI is InChI=1S/C24H27N3O3/c1-5-26(6-2)24(30)23(29)19-14-27(21-10-8-7-9-18(19)21)15-22(28)25-20-13-16(3)11-12-17(20)4/h7-14H,5-6,15H2,1-4H3,(H,25,28). The zero-order chi connectivity index (χ0) is 21.8. The number of aryl methyl sites for hydroxylation is 2. The summed E-state index contributed by atoms with van der Waals surface area (Å²) < 4.78 is 1.72. The van der Waals surface area contributed by atoms with Gasteiger partial charge in [-0.15, -0.1) is 0 Å². The SMILES string of the molecule is CCN(CC)C(=O)C(=O)c1cn(CC(=O)Nc2cc(C)ccc2C)c2ccccc12. The Hall–Kier alpha value is -3.41. The number of hydrogen-bond donors (Lipinski definition) is 1. The molecule has 0 aliphatic rings. The Morgan fingerprint density at radius 3 is 2.40 bits per heavy atom. The van der Waals surface area contributed by atoms with Crippen LogP contribution in [0.1, 0.15) is 35.3 Å². The van der Waals surface area contributed by atoms with Crippen LogP contribution in [0.3, 0.4) is 0 Å². The van der Waals surface area contributed by atoms with E-state index in [0.717, 1.165) is 22.3 Å². The van der Waals surface area contributed by atoms with E-state index in [1.165, 1.54) is 4.90 Å². The van der Waals surface area contributed by atoms with Gasteiger partial charge in [0.25, 0.3) is 11.7 Å². The number of anilines is 1. The Kier molecular flexibility index (Phi) is 6.35. The van der Waals surface area contributed by atoms with Gasteiger partial charge in [0.05, 0.1) is 5.56 Å². The fourth-order valence-electron chi connectivity index (χ4n) is 3.54. The summed E-state index contributed by atoms with van der Waals surface area (Å²) in [4.78, 5) is 39.7. The van der Waals surface area contributed by atoms with Gasteiger partial charge in [-0.05, 0) is 51.0 Å². The van der Waals surface area contributed by atoms with E-state index in [1.807, 2.05) is 64.1 Å². The van der Waals surface area contributed by atoms with Crippen LogP contribution in [-0.2, 0) is 16.1 Å². The molecule has 3 aromatic rings. The first-order valence-corrected chi connectivity index (χ1v) is 10.1. The molecule has 156 valence electrons. The molecule has 1 heterocycles. The molecule has 1 N–H and O–H groups in total. The van der Waals surface area contributed by atoms with Crippen LogP contribution in [0.2, 0.25) is 0 Å². The average Bonchev–Trinajstić information content (AvgIpc) is 3.09. The number of carbonyl (C=O) groups is 3. The van der Waals surface area contributed by atoms with E-state index in [2.05, 4.69) is 5.32 Å². The van der Waals surface area contributed by atoms with Crippen LogP contribution < -0.4 is 5.32 Å². The summed E-state index contributed by atoms with van der Waals surface area (Å²) in [5, 5.41) is 3.61. The van der Waals surface area contributed by atoms with E-state index >= 15 is 0 Å². The zero-order valence-corrected chi connectivity index (χ0v) is 17.9. The fourth-order valence-corrected chi connectivity index (χ4v) is 3.54. The molecule has 6 heteroatoms. The molecule has 0 aliphatic carbocycles. The summed E-state index contributed by atoms with van der Waals surface area (Å²) in [5.74, 6) is -1.27. The van der Waals surface area contributed by atoms with E-state index in [0.29, 0.717) is 24.0 Å². The predicted molar refractivity (Wildman–Crippen MR) is 119 cm³/mol. The molecule has 0 saturated heterocycles. The number of rotatable bonds is 7. The second kappa shape index (κ2) is 8.95. The molecule has 0 spiro atoms. The molecule has 3 rings (SSSR count). The lowest BCUT2D eigenvalue weighted by atomic mass is 10.1. The Morgan fingerprint density at radius 1 is 1.00 bits per heavy atom. The van der Waals surface area contributed by atoms with Gasteiger partial charge in [-0.3, -0.25) is 14.4 Å². The van der Waals surface area contributed by atoms with Crippen molar-refractivity contribution >= 4 is 34.2 Å². The lowest BCUT2D eigenvalue weighted by molar-refractivity contribution is -0.126. The average molecular weight is 405 g/mol. The van der Waals surface area contributed by atoms with Gasteiger partial charge < -0.3 is 14.8 Å². The van der Waals surface area contributed by atoms with Crippen LogP contribution in [0, 0.1) is 13.8 Å². The molecule has 1 aromatic heterocycles. The van der Waals surface area contributed by atoms with Crippen LogP contribution in [0.25, 0.3) is 10.9 Å². The van der Waals surface area contributed by atoms with Gasteiger partial charge in [-0.2, -0.15) is 0 Å². The summed E-state index contributed by atoms with van der Waals surface area (Å²) in [5.41, 5.74) is 3.87. The van der Waals surface area contributed by atoms with E-state index in [9.17, 15) is 14.4 Å². The summed E-state index contributed by atoms with van der Waals surface area (Å²) in [6.07, 6.45) is 1.61. The third-order valence-electron chi connectivity index (χ3n) is 5.26. The minimum atomic E-state index is -0.552. The second-order valence-electron chi connectivity index (χ2n) is 7.36. The smallest absolute Gasteiger partial charge is 0.295 e. The number of aromatic nitrogens is 1. The van der Waals surface area contributed by atoms with Crippen molar-refractivity contribution in [3.8, 4) is 0 Å². The van der Waals surface area contributed by atoms with Gasteiger partial charge in [0.2, 0.25) is 5.91 Å². The molecule has 6 nitrogen and oxygen atoms in total. The van der Waals surface area contributed by atoms with Gasteiger partial charge in [-0.25, -0.2) is 0 Å². The minimum absolute atomic E-state index is 0.0423. The third kappa shape index (κ3) is 4.27. The number of nitrogens with zero attached hydrogens (tertiary/aromatic N) is 2. The molecule has 0 saturated carbocycles. The number of Topliss-reactive ketones (excluding diaryl/α,β-unsaturated/α-hetero) is 1. The summed E-state index contributed by atoms with van der Waals surface area (Å²) in [6.45, 7) is 8.58. The Balaban J connectivity index is 1.90. The number of ketones is 1. The summed E-state index contributed by atoms with van der Waals surface area (Å²) in [7, 11) is 0. The minimum Gasteiger partial charge on any atom is -0.337 e. The van der Waals surface area contributed by atoms with Crippen molar-refractivity contribution in [3.05, 3.63) is 65.4 Å². The molecule has 0 atom stereocenters. The van der Waals surface area contributed by atoms with E-state index in [1.54, 1.807) is 16.8 Å². The third-order valence-corrected chi connectivity index (χ3v) is 5.26. The monoisotopic (exact) mass is 405 g/mol. The van der Waals surface area contributed by atoms with E-state index in [4.69, 9.17) is 0 Å². The molecular weight excluding hydrogens is 378 g/mol. The Bertz CT molecular complexity index is 1110. The first-order chi connectivity index (χ1) is 14.3. The van der Waals surface area contributed by atoms with Crippen molar-refractivity contribution in [1.82, 2.24) is 9.47 Å². The van der Waals surface area contributed by atoms with Crippen molar-refractivity contribution in [2.75, 3.05) is 18.4 Å². The van der Waals surface area contributed by atoms with Crippen LogP contribution in [0.5, 0.6) is 0 Å². The van der Waals surface area contributed by atoms with Crippen molar-refractivity contribution in [3.63, 3.8) is 0 Å². The van der Waals surface area contributed by atoms with Gasteiger partial charge >= 0.3 is 0 Å². The first-order valence-electron chi connectivity index (χ1n) is 10.1. The molecule has 0 radical (unpaired) electrons. The highest BCUT2D eigenvalue weighted by atomic mass is 16.2. The quantitative estimate of drug-likeness (QED) is 0.478. The molecule has 30 heavy (non-hydrogen) atoms. The molecule has 2 amide bonds. The van der Waals surface area contributed by atoms with Gasteiger partial charge in [-0.1, -0.05) is 30.3 Å². The van der Waals surface area contributed by atoms with E-state index < -0.39 is 11.7 Å². The zero-order valence-electron chi connectivity index (χ0n) is 17.9. The maximum Gasteiger partial charge on any atom is 0.295 e. The van der Waals surface area contributed by atoms with Crippen LogP contribution >= 0.6 is 0 Å². The van der Waals surface area contributed by atoms with Crippen LogP contribution in [-0.4, -0.2) is 40.2 Å². The van der Waals surface area contributed by atoms with Gasteiger partial charge in [0.15, 0.2) is 0 Å². The topological polar surface area (TPSA) is 71.4 Å². The maximum atomic E-state index is 12.9. The van der Waals surface area contributed by atoms with Crippen molar-refractivity contribution < 1.29 is 14.4 Å². The lowest BCUT2D eigenvalue weighted by Gasteiger charge is -2.17. The highest BCUT2D eigenvalue weighted by Crippen LogP contribution is 2.23. The molecule has 0 unspecified atom stereocenters. The number of fused-ring (bicyclic) bond motifs is 1. The highest BCUT2D eigenvalue weighted by Gasteiger charge is 2.25.